The van der Waals surface area contributed by atoms with Crippen molar-refractivity contribution in [3.63, 3.8) is 0 Å². The van der Waals surface area contributed by atoms with Gasteiger partial charge in [0, 0.05) is 70.8 Å². The van der Waals surface area contributed by atoms with Crippen molar-refractivity contribution in [1.82, 2.24) is 15.0 Å². The minimum atomic E-state index is 0.980. The van der Waals surface area contributed by atoms with Gasteiger partial charge in [0.25, 0.3) is 0 Å². The molecule has 0 bridgehead atoms. The summed E-state index contributed by atoms with van der Waals surface area (Å²) in [5.41, 5.74) is 30.8. The first-order valence-electron chi connectivity index (χ1n) is 33.8. The van der Waals surface area contributed by atoms with Gasteiger partial charge in [0.2, 0.25) is 0 Å². The molecule has 0 spiro atoms. The predicted molar refractivity (Wildman–Crippen MR) is 434 cm³/mol. The van der Waals surface area contributed by atoms with Crippen LogP contribution in [0.15, 0.2) is 231 Å². The van der Waals surface area contributed by atoms with Gasteiger partial charge in [0.1, 0.15) is 16.7 Å². The number of H-pyrrole nitrogens is 3. The van der Waals surface area contributed by atoms with Crippen LogP contribution in [0.5, 0.6) is 0 Å². The predicted octanol–water partition coefficient (Wildman–Crippen LogP) is 28.1. The van der Waals surface area contributed by atoms with Gasteiger partial charge in [-0.2, -0.15) is 0 Å². The molecule has 6 nitrogen and oxygen atoms in total. The van der Waals surface area contributed by atoms with Crippen LogP contribution < -0.4 is 0 Å². The molecule has 9 heterocycles. The number of aryl methyl sites for hydroxylation is 18. The average Bonchev–Trinajstić information content (AvgIpc) is 3.03. The summed E-state index contributed by atoms with van der Waals surface area (Å²) in [6.45, 7) is 38.4. The quantitative estimate of drug-likeness (QED) is 0.141. The lowest BCUT2D eigenvalue weighted by atomic mass is 10.1. The Labute approximate surface area is 596 Å². The Kier molecular flexibility index (Phi) is 23.7. The first kappa shape index (κ1) is 71.9. The monoisotopic (exact) mass is 1360 g/mol. The number of furan rings is 3. The molecule has 99 heavy (non-hydrogen) atoms. The normalized spacial score (nSPS) is 10.7. The zero-order valence-corrected chi connectivity index (χ0v) is 63.2. The maximum Gasteiger partial charge on any atom is 0.137 e. The van der Waals surface area contributed by atoms with Crippen LogP contribution >= 0.6 is 34.0 Å². The van der Waals surface area contributed by atoms with E-state index in [9.17, 15) is 0 Å². The zero-order valence-electron chi connectivity index (χ0n) is 60.7. The fraction of sp³-hybridized carbons (Fsp3) is 0.200. The number of fused-ring (bicyclic) bond motifs is 9. The van der Waals surface area contributed by atoms with Crippen LogP contribution in [0.3, 0.4) is 0 Å². The van der Waals surface area contributed by atoms with E-state index in [1.807, 2.05) is 70.8 Å². The lowest BCUT2D eigenvalue weighted by Crippen LogP contribution is -1.80. The van der Waals surface area contributed by atoms with E-state index in [0.29, 0.717) is 0 Å². The molecular formula is C90H93N3O3S3. The van der Waals surface area contributed by atoms with E-state index in [1.54, 1.807) is 18.8 Å². The van der Waals surface area contributed by atoms with Crippen molar-refractivity contribution >= 4 is 130 Å². The largest absolute Gasteiger partial charge is 0.464 e. The number of aromatic nitrogens is 3. The fourth-order valence-corrected chi connectivity index (χ4v) is 14.9. The number of hydrogen-bond acceptors (Lipinski definition) is 6. The van der Waals surface area contributed by atoms with E-state index in [2.05, 4.69) is 301 Å². The molecule has 0 aliphatic rings. The molecule has 9 heteroatoms. The molecule has 0 saturated carbocycles. The highest BCUT2D eigenvalue weighted by molar-refractivity contribution is 7.17. The Balaban J connectivity index is 0.000000120. The van der Waals surface area contributed by atoms with E-state index >= 15 is 0 Å². The van der Waals surface area contributed by atoms with E-state index in [0.717, 1.165) is 16.7 Å². The molecule has 9 aromatic carbocycles. The number of nitrogens with one attached hydrogen (secondary N) is 3. The van der Waals surface area contributed by atoms with Crippen molar-refractivity contribution in [2.45, 2.75) is 125 Å². The highest BCUT2D eigenvalue weighted by atomic mass is 32.1. The Morgan fingerprint density at radius 2 is 0.768 bits per heavy atom. The maximum absolute atomic E-state index is 5.33. The van der Waals surface area contributed by atoms with Gasteiger partial charge in [-0.25, -0.2) is 0 Å². The third-order valence-corrected chi connectivity index (χ3v) is 21.5. The van der Waals surface area contributed by atoms with Gasteiger partial charge in [-0.3, -0.25) is 0 Å². The molecule has 9 aromatic heterocycles. The highest BCUT2D eigenvalue weighted by Crippen LogP contribution is 2.30. The van der Waals surface area contributed by atoms with Crippen molar-refractivity contribution in [1.29, 1.82) is 0 Å². The van der Waals surface area contributed by atoms with E-state index in [-0.39, 0.29) is 0 Å². The van der Waals surface area contributed by atoms with Crippen LogP contribution in [0.2, 0.25) is 0 Å². The molecule has 18 aromatic rings. The topological polar surface area (TPSA) is 86.8 Å². The summed E-state index contributed by atoms with van der Waals surface area (Å²) in [5, 5.41) is 18.1. The Bertz CT molecular complexity index is 5030. The highest BCUT2D eigenvalue weighted by Gasteiger charge is 2.06. The summed E-state index contributed by atoms with van der Waals surface area (Å²) in [7, 11) is 0. The average molecular weight is 1360 g/mol. The standard InChI is InChI=1S/3C10H11N.3C10H10O.3C10H10S/c1-7-5-9-3-4-11-10(9)6-8(7)2;1-7-5-8(2)9-3-4-11-10(9)6-7;1-7-3-4-9-5-6-11-10(9)8(7)2;1-7-5-9-3-4-11-10(9)6-8(7)2;1-7-5-8(2)9-3-4-11-10(9)6-7;1-7-3-4-9-5-6-11-10(9)8(7)2;1-7-5-9-3-4-11-10(9)6-8(7)2;1-7-5-8(2)9-3-4-11-10(9)6-7;1-7-3-4-9-5-6-11-10(9)8(7)2/h3*3-6,11H,1-2H3;6*3-6H,1-2H3. The lowest BCUT2D eigenvalue weighted by Gasteiger charge is -1.99. The van der Waals surface area contributed by atoms with Crippen molar-refractivity contribution in [3.05, 3.63) is 317 Å². The first-order valence-corrected chi connectivity index (χ1v) is 36.4. The second kappa shape index (κ2) is 32.6. The maximum atomic E-state index is 5.33. The Hall–Kier alpha value is -9.90. The van der Waals surface area contributed by atoms with Crippen LogP contribution in [0.4, 0.5) is 0 Å². The summed E-state index contributed by atoms with van der Waals surface area (Å²) >= 11 is 5.45. The zero-order chi connectivity index (χ0) is 70.6. The van der Waals surface area contributed by atoms with Crippen LogP contribution in [0.25, 0.3) is 95.9 Å². The molecule has 18 rings (SSSR count). The van der Waals surface area contributed by atoms with Crippen molar-refractivity contribution < 1.29 is 13.3 Å². The number of benzene rings is 9. The van der Waals surface area contributed by atoms with Gasteiger partial charge in [0.15, 0.2) is 0 Å². The third kappa shape index (κ3) is 17.9. The van der Waals surface area contributed by atoms with Crippen LogP contribution in [-0.4, -0.2) is 15.0 Å². The molecule has 0 unspecified atom stereocenters. The summed E-state index contributed by atoms with van der Waals surface area (Å²) in [5.74, 6) is 0. The van der Waals surface area contributed by atoms with Crippen molar-refractivity contribution in [2.24, 2.45) is 0 Å². The van der Waals surface area contributed by atoms with E-state index in [1.165, 1.54) is 179 Å². The molecule has 0 atom stereocenters. The number of thiophene rings is 3. The molecule has 0 saturated heterocycles. The van der Waals surface area contributed by atoms with Gasteiger partial charge < -0.3 is 28.2 Å². The minimum Gasteiger partial charge on any atom is -0.464 e. The molecular weight excluding hydrogens is 1270 g/mol. The minimum absolute atomic E-state index is 0.980. The summed E-state index contributed by atoms with van der Waals surface area (Å²) in [6.07, 6.45) is 11.1. The third-order valence-electron chi connectivity index (χ3n) is 18.7. The molecule has 0 aliphatic carbocycles. The van der Waals surface area contributed by atoms with Gasteiger partial charge in [-0.15, -0.1) is 34.0 Å². The molecule has 504 valence electrons. The number of rotatable bonds is 0. The Morgan fingerprint density at radius 1 is 0.263 bits per heavy atom. The second-order valence-corrected chi connectivity index (χ2v) is 29.1. The van der Waals surface area contributed by atoms with E-state index in [4.69, 9.17) is 13.3 Å². The molecule has 3 N–H and O–H groups in total. The summed E-state index contributed by atoms with van der Waals surface area (Å²) in [6, 6.07) is 57.9. The van der Waals surface area contributed by atoms with Gasteiger partial charge in [-0.1, -0.05) is 60.7 Å². The molecule has 0 radical (unpaired) electrons. The van der Waals surface area contributed by atoms with Gasteiger partial charge in [-0.05, 0) is 371 Å². The number of aromatic amines is 3. The summed E-state index contributed by atoms with van der Waals surface area (Å²) < 4.78 is 20.1. The van der Waals surface area contributed by atoms with Crippen molar-refractivity contribution in [2.75, 3.05) is 0 Å². The molecule has 0 fully saturated rings. The van der Waals surface area contributed by atoms with Crippen LogP contribution in [-0.2, 0) is 0 Å². The van der Waals surface area contributed by atoms with Gasteiger partial charge >= 0.3 is 0 Å². The first-order chi connectivity index (χ1) is 47.5. The smallest absolute Gasteiger partial charge is 0.137 e. The fourth-order valence-electron chi connectivity index (χ4n) is 12.1. The Morgan fingerprint density at radius 3 is 1.53 bits per heavy atom. The van der Waals surface area contributed by atoms with Gasteiger partial charge in [0.05, 0.1) is 18.8 Å². The van der Waals surface area contributed by atoms with Crippen molar-refractivity contribution in [3.8, 4) is 0 Å². The molecule has 0 aliphatic heterocycles. The second-order valence-electron chi connectivity index (χ2n) is 26.3. The van der Waals surface area contributed by atoms with Crippen LogP contribution in [0.1, 0.15) is 100 Å². The van der Waals surface area contributed by atoms with Crippen LogP contribution in [0, 0.1) is 125 Å². The van der Waals surface area contributed by atoms with E-state index < -0.39 is 0 Å². The summed E-state index contributed by atoms with van der Waals surface area (Å²) in [4.78, 5) is 9.62. The lowest BCUT2D eigenvalue weighted by molar-refractivity contribution is 0.613. The SMILES string of the molecule is Cc1cc(C)c2cc[nH]c2c1.Cc1cc(C)c2ccoc2c1.Cc1cc(C)c2ccsc2c1.Cc1cc2cc[nH]c2cc1C.Cc1cc2ccoc2cc1C.Cc1cc2ccsc2cc1C.Cc1ccc2cc[nH]c2c1C.Cc1ccc2ccoc2c1C.Cc1ccc2ccsc2c1C. The number of hydrogen-bond donors (Lipinski definition) is 3. The molecule has 0 amide bonds.